The Morgan fingerprint density at radius 3 is 1.72 bits per heavy atom. The zero-order valence-electron chi connectivity index (χ0n) is 13.1. The van der Waals surface area contributed by atoms with Crippen LogP contribution in [0.25, 0.3) is 0 Å². The molecule has 0 saturated carbocycles. The molecule has 2 unspecified atom stereocenters. The second-order valence-electron chi connectivity index (χ2n) is 5.98. The molecule has 0 rings (SSSR count). The van der Waals surface area contributed by atoms with Gasteiger partial charge >= 0.3 is 5.97 Å². The number of carbonyl (C=O) groups is 1. The van der Waals surface area contributed by atoms with Gasteiger partial charge in [-0.3, -0.25) is 0 Å². The highest BCUT2D eigenvalue weighted by Gasteiger charge is 2.36. The second-order valence-corrected chi connectivity index (χ2v) is 5.98. The minimum Gasteiger partial charge on any atom is -0.463 e. The van der Waals surface area contributed by atoms with Crippen LogP contribution in [0.5, 0.6) is 0 Å². The second kappa shape index (κ2) is 7.65. The van der Waals surface area contributed by atoms with Gasteiger partial charge in [-0.05, 0) is 12.4 Å². The van der Waals surface area contributed by atoms with Gasteiger partial charge < -0.3 is 4.74 Å². The Balaban J connectivity index is 5.09. The summed E-state index contributed by atoms with van der Waals surface area (Å²) in [7, 11) is 0. The van der Waals surface area contributed by atoms with E-state index in [9.17, 15) is 4.79 Å². The summed E-state index contributed by atoms with van der Waals surface area (Å²) in [6.07, 6.45) is 0. The van der Waals surface area contributed by atoms with Crippen molar-refractivity contribution < 1.29 is 9.53 Å². The van der Waals surface area contributed by atoms with Crippen LogP contribution in [0.15, 0.2) is 12.1 Å². The predicted molar refractivity (Wildman–Crippen MR) is 80.1 cm³/mol. The highest BCUT2D eigenvalue weighted by molar-refractivity contribution is 6.74. The molecule has 0 aliphatic carbocycles. The highest BCUT2D eigenvalue weighted by Crippen LogP contribution is 2.36. The van der Waals surface area contributed by atoms with Crippen molar-refractivity contribution in [1.82, 2.24) is 0 Å². The molecule has 18 heavy (non-hydrogen) atoms. The molecule has 0 aliphatic heterocycles. The van der Waals surface area contributed by atoms with Gasteiger partial charge in [0.1, 0.15) is 0 Å². The van der Waals surface area contributed by atoms with E-state index in [-0.39, 0.29) is 12.7 Å². The lowest BCUT2D eigenvalue weighted by molar-refractivity contribution is -0.137. The van der Waals surface area contributed by atoms with Crippen molar-refractivity contribution in [2.45, 2.75) is 60.1 Å². The van der Waals surface area contributed by atoms with Crippen molar-refractivity contribution in [2.24, 2.45) is 11.8 Å². The molecular formula is C15H29BO2. The van der Waals surface area contributed by atoms with Gasteiger partial charge in [-0.25, -0.2) is 4.79 Å². The first-order valence-corrected chi connectivity index (χ1v) is 7.09. The number of hydrogen-bond acceptors (Lipinski definition) is 2. The maximum atomic E-state index is 11.9. The molecule has 0 radical (unpaired) electrons. The van der Waals surface area contributed by atoms with Crippen LogP contribution in [0.2, 0.25) is 11.6 Å². The number of hydrogen-bond donors (Lipinski definition) is 0. The maximum Gasteiger partial charge on any atom is 0.324 e. The third-order valence-electron chi connectivity index (χ3n) is 4.18. The largest absolute Gasteiger partial charge is 0.463 e. The first-order chi connectivity index (χ1) is 8.23. The summed E-state index contributed by atoms with van der Waals surface area (Å²) in [6.45, 7) is 19.7. The van der Waals surface area contributed by atoms with Gasteiger partial charge in [-0.2, -0.15) is 0 Å². The van der Waals surface area contributed by atoms with Crippen molar-refractivity contribution in [3.05, 3.63) is 12.1 Å². The van der Waals surface area contributed by atoms with E-state index in [1.54, 1.807) is 0 Å². The first kappa shape index (κ1) is 17.3. The molecule has 0 N–H and O–H groups in total. The Bertz CT molecular complexity index is 270. The van der Waals surface area contributed by atoms with E-state index in [2.05, 4.69) is 48.1 Å². The fraction of sp³-hybridized carbons (Fsp3) is 0.800. The van der Waals surface area contributed by atoms with Gasteiger partial charge in [0.05, 0.1) is 6.61 Å². The maximum absolute atomic E-state index is 11.9. The number of carbonyl (C=O) groups excluding carboxylic acids is 1. The van der Waals surface area contributed by atoms with Crippen LogP contribution in [-0.2, 0) is 9.53 Å². The average molecular weight is 252 g/mol. The zero-order chi connectivity index (χ0) is 14.5. The molecule has 0 aromatic rings. The van der Waals surface area contributed by atoms with Gasteiger partial charge in [0, 0.05) is 0 Å². The van der Waals surface area contributed by atoms with E-state index >= 15 is 0 Å². The lowest BCUT2D eigenvalue weighted by atomic mass is 9.28. The molecule has 3 heteroatoms. The molecule has 0 spiro atoms. The predicted octanol–water partition coefficient (Wildman–Crippen LogP) is 4.23. The Labute approximate surface area is 113 Å². The summed E-state index contributed by atoms with van der Waals surface area (Å²) in [6, 6.07) is 0. The highest BCUT2D eigenvalue weighted by atomic mass is 16.5. The van der Waals surface area contributed by atoms with Crippen molar-refractivity contribution >= 4 is 12.7 Å². The Morgan fingerprint density at radius 1 is 1.06 bits per heavy atom. The summed E-state index contributed by atoms with van der Waals surface area (Å²) in [5, 5.41) is 0. The Kier molecular flexibility index (Phi) is 7.34. The average Bonchev–Trinajstić information content (AvgIpc) is 2.28. The lowest BCUT2D eigenvalue weighted by Crippen LogP contribution is -2.35. The topological polar surface area (TPSA) is 26.3 Å². The van der Waals surface area contributed by atoms with Gasteiger partial charge in [0.15, 0.2) is 6.71 Å². The minimum atomic E-state index is -0.234. The number of ether oxygens (including phenoxy) is 1. The van der Waals surface area contributed by atoms with Crippen molar-refractivity contribution in [2.75, 3.05) is 6.61 Å². The minimum absolute atomic E-state index is 0.198. The first-order valence-electron chi connectivity index (χ1n) is 7.09. The summed E-state index contributed by atoms with van der Waals surface area (Å²) in [5.41, 5.74) is 0.638. The lowest BCUT2D eigenvalue weighted by Gasteiger charge is -2.32. The molecule has 0 saturated heterocycles. The van der Waals surface area contributed by atoms with E-state index in [1.807, 2.05) is 6.92 Å². The van der Waals surface area contributed by atoms with Crippen LogP contribution in [-0.4, -0.2) is 19.3 Å². The Morgan fingerprint density at radius 2 is 1.44 bits per heavy atom. The van der Waals surface area contributed by atoms with Gasteiger partial charge in [0.2, 0.25) is 0 Å². The van der Waals surface area contributed by atoms with Gasteiger partial charge in [-0.15, -0.1) is 0 Å². The van der Waals surface area contributed by atoms with Gasteiger partial charge in [-0.1, -0.05) is 71.6 Å². The third kappa shape index (κ3) is 4.51. The molecule has 104 valence electrons. The fourth-order valence-corrected chi connectivity index (χ4v) is 2.30. The van der Waals surface area contributed by atoms with Crippen LogP contribution in [0.1, 0.15) is 48.5 Å². The van der Waals surface area contributed by atoms with Crippen molar-refractivity contribution in [1.29, 1.82) is 0 Å². The molecule has 0 aliphatic rings. The van der Waals surface area contributed by atoms with E-state index in [0.717, 1.165) is 0 Å². The summed E-state index contributed by atoms with van der Waals surface area (Å²) in [5.74, 6) is 1.69. The molecule has 2 atom stereocenters. The normalized spacial score (nSPS) is 14.5. The molecule has 0 aromatic carbocycles. The Hall–Kier alpha value is -0.725. The van der Waals surface area contributed by atoms with E-state index in [0.29, 0.717) is 35.5 Å². The van der Waals surface area contributed by atoms with E-state index in [1.165, 1.54) is 0 Å². The van der Waals surface area contributed by atoms with Crippen LogP contribution in [0.4, 0.5) is 0 Å². The molecule has 2 nitrogen and oxygen atoms in total. The van der Waals surface area contributed by atoms with Crippen molar-refractivity contribution in [3.8, 4) is 0 Å². The number of rotatable bonds is 7. The van der Waals surface area contributed by atoms with Crippen LogP contribution >= 0.6 is 0 Å². The number of esters is 1. The van der Waals surface area contributed by atoms with Gasteiger partial charge in [0.25, 0.3) is 0 Å². The summed E-state index contributed by atoms with van der Waals surface area (Å²) >= 11 is 0. The van der Waals surface area contributed by atoms with E-state index < -0.39 is 0 Å². The quantitative estimate of drug-likeness (QED) is 0.385. The monoisotopic (exact) mass is 252 g/mol. The SMILES string of the molecule is C=C(B(C(C)C(C)C)C(C)C(C)C)C(=O)OCC. The van der Waals surface area contributed by atoms with Crippen LogP contribution < -0.4 is 0 Å². The molecule has 0 fully saturated rings. The third-order valence-corrected chi connectivity index (χ3v) is 4.18. The van der Waals surface area contributed by atoms with Crippen molar-refractivity contribution in [3.63, 3.8) is 0 Å². The molecule has 0 amide bonds. The molecule has 0 aromatic heterocycles. The smallest absolute Gasteiger partial charge is 0.324 e. The summed E-state index contributed by atoms with van der Waals surface area (Å²) < 4.78 is 5.11. The molecule has 0 heterocycles. The zero-order valence-corrected chi connectivity index (χ0v) is 13.1. The standard InChI is InChI=1S/C15H29BO2/c1-9-18-15(17)14(8)16(12(6)10(2)3)13(7)11(4)5/h10-13H,8-9H2,1-7H3. The summed E-state index contributed by atoms with van der Waals surface area (Å²) in [4.78, 5) is 11.9. The van der Waals surface area contributed by atoms with Crippen LogP contribution in [0.3, 0.4) is 0 Å². The molecular weight excluding hydrogens is 223 g/mol. The molecule has 0 bridgehead atoms. The fourth-order valence-electron chi connectivity index (χ4n) is 2.30. The van der Waals surface area contributed by atoms with E-state index in [4.69, 9.17) is 4.74 Å². The van der Waals surface area contributed by atoms with Crippen LogP contribution in [0, 0.1) is 11.8 Å².